The molecule has 1 aromatic carbocycles. The second kappa shape index (κ2) is 6.40. The van der Waals surface area contributed by atoms with Crippen LogP contribution in [0.15, 0.2) is 40.4 Å². The third-order valence-corrected chi connectivity index (χ3v) is 4.50. The van der Waals surface area contributed by atoms with Gasteiger partial charge in [-0.3, -0.25) is 4.99 Å². The Morgan fingerprint density at radius 3 is 3.00 bits per heavy atom. The van der Waals surface area contributed by atoms with Crippen LogP contribution in [0.25, 0.3) is 0 Å². The van der Waals surface area contributed by atoms with Crippen molar-refractivity contribution in [3.05, 3.63) is 46.0 Å². The van der Waals surface area contributed by atoms with Crippen molar-refractivity contribution in [3.63, 3.8) is 0 Å². The van der Waals surface area contributed by atoms with Gasteiger partial charge in [0.1, 0.15) is 0 Å². The van der Waals surface area contributed by atoms with Crippen molar-refractivity contribution in [1.29, 1.82) is 0 Å². The number of alkyl halides is 1. The molecule has 0 radical (unpaired) electrons. The normalized spacial score (nSPS) is 20.7. The number of aliphatic imine (C=N–C) groups is 1. The Labute approximate surface area is 133 Å². The van der Waals surface area contributed by atoms with Crippen molar-refractivity contribution in [1.82, 2.24) is 4.90 Å². The minimum atomic E-state index is 0. The van der Waals surface area contributed by atoms with E-state index >= 15 is 0 Å². The van der Waals surface area contributed by atoms with E-state index < -0.39 is 0 Å². The molecule has 19 heavy (non-hydrogen) atoms. The molecule has 0 saturated carbocycles. The summed E-state index contributed by atoms with van der Waals surface area (Å²) in [6, 6.07) is 8.29. The molecule has 0 saturated heterocycles. The molecule has 0 amide bonds. The van der Waals surface area contributed by atoms with Crippen LogP contribution in [0, 0.1) is 0 Å². The molecular formula is C13H13Cl3N2S. The van der Waals surface area contributed by atoms with Gasteiger partial charge < -0.3 is 4.90 Å². The Kier molecular flexibility index (Phi) is 5.07. The number of allylic oxidation sites excluding steroid dienone is 1. The van der Waals surface area contributed by atoms with Crippen molar-refractivity contribution in [2.45, 2.75) is 12.5 Å². The first-order chi connectivity index (χ1) is 8.76. The summed E-state index contributed by atoms with van der Waals surface area (Å²) >= 11 is 13.6. The Hall–Kier alpha value is -0.350. The highest BCUT2D eigenvalue weighted by Gasteiger charge is 2.31. The van der Waals surface area contributed by atoms with Gasteiger partial charge in [-0.1, -0.05) is 35.5 Å². The van der Waals surface area contributed by atoms with Crippen LogP contribution in [0.3, 0.4) is 0 Å². The van der Waals surface area contributed by atoms with Crippen LogP contribution >= 0.6 is 47.4 Å². The number of thioether (sulfide) groups is 1. The lowest BCUT2D eigenvalue weighted by atomic mass is 10.1. The lowest BCUT2D eigenvalue weighted by molar-refractivity contribution is 0.511. The molecule has 0 bridgehead atoms. The van der Waals surface area contributed by atoms with Gasteiger partial charge in [-0.15, -0.1) is 24.0 Å². The van der Waals surface area contributed by atoms with Gasteiger partial charge in [-0.2, -0.15) is 0 Å². The number of fused-ring (bicyclic) bond motifs is 1. The largest absolute Gasteiger partial charge is 0.321 e. The summed E-state index contributed by atoms with van der Waals surface area (Å²) in [6.45, 7) is 0.924. The van der Waals surface area contributed by atoms with E-state index in [1.54, 1.807) is 11.8 Å². The molecule has 2 nitrogen and oxygen atoms in total. The molecule has 2 aliphatic rings. The highest BCUT2D eigenvalue weighted by molar-refractivity contribution is 8.16. The fourth-order valence-electron chi connectivity index (χ4n) is 2.22. The molecule has 2 aliphatic heterocycles. The highest BCUT2D eigenvalue weighted by Crippen LogP contribution is 2.32. The van der Waals surface area contributed by atoms with Crippen molar-refractivity contribution in [2.75, 3.05) is 12.4 Å². The zero-order valence-corrected chi connectivity index (χ0v) is 13.2. The first kappa shape index (κ1) is 15.0. The molecular weight excluding hydrogens is 323 g/mol. The average Bonchev–Trinajstić information content (AvgIpc) is 2.88. The van der Waals surface area contributed by atoms with Crippen LogP contribution < -0.4 is 0 Å². The molecule has 0 spiro atoms. The Morgan fingerprint density at radius 1 is 1.42 bits per heavy atom. The second-order valence-corrected chi connectivity index (χ2v) is 5.91. The predicted molar refractivity (Wildman–Crippen MR) is 86.7 cm³/mol. The Balaban J connectivity index is 0.00000133. The summed E-state index contributed by atoms with van der Waals surface area (Å²) in [4.78, 5) is 6.94. The van der Waals surface area contributed by atoms with Gasteiger partial charge in [0.05, 0.1) is 11.9 Å². The molecule has 1 atom stereocenters. The molecule has 0 N–H and O–H groups in total. The van der Waals surface area contributed by atoms with E-state index in [2.05, 4.69) is 16.4 Å². The zero-order chi connectivity index (χ0) is 12.5. The van der Waals surface area contributed by atoms with Gasteiger partial charge >= 0.3 is 0 Å². The van der Waals surface area contributed by atoms with Crippen LogP contribution in [0.4, 0.5) is 0 Å². The number of halogens is 3. The number of hydrogen-bond donors (Lipinski definition) is 0. The fourth-order valence-corrected chi connectivity index (χ4v) is 3.73. The predicted octanol–water partition coefficient (Wildman–Crippen LogP) is 4.17. The van der Waals surface area contributed by atoms with E-state index in [-0.39, 0.29) is 12.4 Å². The van der Waals surface area contributed by atoms with Crippen LogP contribution in [0.5, 0.6) is 0 Å². The first-order valence-electron chi connectivity index (χ1n) is 5.77. The number of nitrogens with zero attached hydrogens (tertiary/aromatic N) is 2. The third-order valence-electron chi connectivity index (χ3n) is 3.06. The number of hydrogen-bond acceptors (Lipinski definition) is 3. The lowest BCUT2D eigenvalue weighted by Crippen LogP contribution is -2.25. The Bertz CT molecular complexity index is 530. The van der Waals surface area contributed by atoms with Crippen LogP contribution in [0.1, 0.15) is 5.56 Å². The summed E-state index contributed by atoms with van der Waals surface area (Å²) in [6.07, 6.45) is 0.927. The SMILES string of the molecule is Cl.ClCC1=CSC2=NC(Cc3cccc(Cl)c3)CN12. The summed E-state index contributed by atoms with van der Waals surface area (Å²) in [5.74, 6) is 0.551. The summed E-state index contributed by atoms with van der Waals surface area (Å²) < 4.78 is 0. The third kappa shape index (κ3) is 3.22. The van der Waals surface area contributed by atoms with E-state index in [1.807, 2.05) is 18.2 Å². The molecule has 0 aromatic heterocycles. The van der Waals surface area contributed by atoms with Gasteiger partial charge in [-0.25, -0.2) is 0 Å². The summed E-state index contributed by atoms with van der Waals surface area (Å²) in [5, 5.41) is 3.95. The van der Waals surface area contributed by atoms with Crippen LogP contribution in [0.2, 0.25) is 5.02 Å². The highest BCUT2D eigenvalue weighted by atomic mass is 35.5. The standard InChI is InChI=1S/C13H12Cl2N2S.ClH/c14-6-12-8-18-13-16-11(7-17(12)13)5-9-2-1-3-10(15)4-9;/h1-4,8,11H,5-7H2;1H. The van der Waals surface area contributed by atoms with Gasteiger partial charge in [0.2, 0.25) is 0 Å². The van der Waals surface area contributed by atoms with E-state index in [1.165, 1.54) is 5.56 Å². The smallest absolute Gasteiger partial charge is 0.168 e. The summed E-state index contributed by atoms with van der Waals surface area (Å²) in [5.41, 5.74) is 2.40. The molecule has 2 heterocycles. The number of benzene rings is 1. The fraction of sp³-hybridized carbons (Fsp3) is 0.308. The maximum absolute atomic E-state index is 5.99. The van der Waals surface area contributed by atoms with Crippen molar-refractivity contribution < 1.29 is 0 Å². The molecule has 6 heteroatoms. The maximum Gasteiger partial charge on any atom is 0.168 e. The van der Waals surface area contributed by atoms with E-state index in [0.29, 0.717) is 11.9 Å². The molecule has 0 aliphatic carbocycles. The molecule has 102 valence electrons. The average molecular weight is 336 g/mol. The quantitative estimate of drug-likeness (QED) is 0.770. The second-order valence-electron chi connectivity index (χ2n) is 4.37. The monoisotopic (exact) mass is 334 g/mol. The van der Waals surface area contributed by atoms with Gasteiger partial charge in [0.25, 0.3) is 0 Å². The van der Waals surface area contributed by atoms with Crippen molar-refractivity contribution >= 4 is 52.5 Å². The molecule has 0 fully saturated rings. The minimum absolute atomic E-state index is 0. The minimum Gasteiger partial charge on any atom is -0.321 e. The zero-order valence-electron chi connectivity index (χ0n) is 10.1. The van der Waals surface area contributed by atoms with E-state index in [0.717, 1.165) is 28.9 Å². The van der Waals surface area contributed by atoms with Crippen LogP contribution in [-0.4, -0.2) is 28.5 Å². The van der Waals surface area contributed by atoms with Crippen molar-refractivity contribution in [3.8, 4) is 0 Å². The number of amidine groups is 1. The summed E-state index contributed by atoms with van der Waals surface area (Å²) in [7, 11) is 0. The van der Waals surface area contributed by atoms with Gasteiger partial charge in [-0.05, 0) is 29.5 Å². The maximum atomic E-state index is 5.99. The molecule has 1 aromatic rings. The lowest BCUT2D eigenvalue weighted by Gasteiger charge is -2.16. The van der Waals surface area contributed by atoms with Crippen molar-refractivity contribution in [2.24, 2.45) is 4.99 Å². The molecule has 3 rings (SSSR count). The Morgan fingerprint density at radius 2 is 2.26 bits per heavy atom. The van der Waals surface area contributed by atoms with E-state index in [4.69, 9.17) is 28.2 Å². The van der Waals surface area contributed by atoms with E-state index in [9.17, 15) is 0 Å². The number of rotatable bonds is 3. The topological polar surface area (TPSA) is 15.6 Å². The first-order valence-corrected chi connectivity index (χ1v) is 7.57. The van der Waals surface area contributed by atoms with Gasteiger partial charge in [0.15, 0.2) is 5.17 Å². The van der Waals surface area contributed by atoms with Crippen LogP contribution in [-0.2, 0) is 6.42 Å². The van der Waals surface area contributed by atoms with Gasteiger partial charge in [0, 0.05) is 17.3 Å². The molecule has 1 unspecified atom stereocenters.